The van der Waals surface area contributed by atoms with Gasteiger partial charge < -0.3 is 10.2 Å². The quantitative estimate of drug-likeness (QED) is 0.912. The molecule has 0 amide bonds. The van der Waals surface area contributed by atoms with Crippen molar-refractivity contribution in [2.24, 2.45) is 5.73 Å². The molecule has 3 rings (SSSR count). The number of thioether (sulfide) groups is 2. The molecule has 2 aromatic rings. The predicted octanol–water partition coefficient (Wildman–Crippen LogP) is 3.93. The third kappa shape index (κ3) is 2.52. The minimum Gasteiger partial charge on any atom is -0.459 e. The summed E-state index contributed by atoms with van der Waals surface area (Å²) in [6.07, 6.45) is 0. The van der Waals surface area contributed by atoms with E-state index < -0.39 is 0 Å². The van der Waals surface area contributed by atoms with Crippen molar-refractivity contribution >= 4 is 46.1 Å². The smallest absolute Gasteiger partial charge is 0.134 e. The summed E-state index contributed by atoms with van der Waals surface area (Å²) in [5.41, 5.74) is 7.17. The lowest BCUT2D eigenvalue weighted by atomic mass is 10.1. The first-order valence-corrected chi connectivity index (χ1v) is 8.46. The molecule has 18 heavy (non-hydrogen) atoms. The minimum atomic E-state index is -0.0334. The van der Waals surface area contributed by atoms with Crippen molar-refractivity contribution in [3.8, 4) is 0 Å². The SMILES string of the molecule is NC(c1cc2cc(Cl)ccc2o1)C1CSCCS1. The van der Waals surface area contributed by atoms with E-state index in [0.29, 0.717) is 5.25 Å². The zero-order chi connectivity index (χ0) is 12.5. The fraction of sp³-hybridized carbons (Fsp3) is 0.385. The van der Waals surface area contributed by atoms with Gasteiger partial charge in [0.05, 0.1) is 6.04 Å². The van der Waals surface area contributed by atoms with E-state index in [-0.39, 0.29) is 6.04 Å². The van der Waals surface area contributed by atoms with Gasteiger partial charge in [-0.2, -0.15) is 23.5 Å². The van der Waals surface area contributed by atoms with Crippen LogP contribution in [0.1, 0.15) is 11.8 Å². The number of hydrogen-bond acceptors (Lipinski definition) is 4. The molecule has 2 heterocycles. The summed E-state index contributed by atoms with van der Waals surface area (Å²) in [4.78, 5) is 0. The summed E-state index contributed by atoms with van der Waals surface area (Å²) in [5, 5.41) is 2.20. The van der Waals surface area contributed by atoms with E-state index in [2.05, 4.69) is 0 Å². The van der Waals surface area contributed by atoms with Crippen molar-refractivity contribution in [2.45, 2.75) is 11.3 Å². The van der Waals surface area contributed by atoms with E-state index in [9.17, 15) is 0 Å². The Morgan fingerprint density at radius 1 is 1.33 bits per heavy atom. The van der Waals surface area contributed by atoms with Crippen molar-refractivity contribution in [1.82, 2.24) is 0 Å². The number of nitrogens with two attached hydrogens (primary N) is 1. The summed E-state index contributed by atoms with van der Waals surface area (Å²) >= 11 is 9.89. The molecule has 2 nitrogen and oxygen atoms in total. The number of fused-ring (bicyclic) bond motifs is 1. The Bertz CT molecular complexity index is 551. The molecule has 0 saturated carbocycles. The molecule has 0 aliphatic carbocycles. The number of halogens is 1. The van der Waals surface area contributed by atoms with Gasteiger partial charge in [-0.15, -0.1) is 0 Å². The second kappa shape index (κ2) is 5.37. The monoisotopic (exact) mass is 299 g/mol. The molecule has 1 aromatic carbocycles. The molecule has 5 heteroatoms. The molecule has 1 aromatic heterocycles. The molecule has 1 fully saturated rings. The highest BCUT2D eigenvalue weighted by atomic mass is 35.5. The summed E-state index contributed by atoms with van der Waals surface area (Å²) in [6.45, 7) is 0. The standard InChI is InChI=1S/C13H14ClNOS2/c14-9-1-2-10-8(5-9)6-11(16-10)13(15)12-7-17-3-4-18-12/h1-2,5-6,12-13H,3-4,7,15H2. The Balaban J connectivity index is 1.88. The third-order valence-electron chi connectivity index (χ3n) is 3.07. The van der Waals surface area contributed by atoms with Crippen molar-refractivity contribution in [3.63, 3.8) is 0 Å². The molecule has 0 spiro atoms. The Labute approximate surface area is 120 Å². The van der Waals surface area contributed by atoms with E-state index in [0.717, 1.165) is 27.5 Å². The lowest BCUT2D eigenvalue weighted by Crippen LogP contribution is -2.28. The molecular formula is C13H14ClNOS2. The number of hydrogen-bond donors (Lipinski definition) is 1. The first-order chi connectivity index (χ1) is 8.74. The molecule has 0 bridgehead atoms. The van der Waals surface area contributed by atoms with Crippen LogP contribution in [-0.4, -0.2) is 22.5 Å². The maximum atomic E-state index is 6.31. The zero-order valence-corrected chi connectivity index (χ0v) is 12.2. The maximum Gasteiger partial charge on any atom is 0.134 e. The molecule has 1 aliphatic heterocycles. The first kappa shape index (κ1) is 12.7. The summed E-state index contributed by atoms with van der Waals surface area (Å²) < 4.78 is 5.83. The average molecular weight is 300 g/mol. The topological polar surface area (TPSA) is 39.2 Å². The minimum absolute atomic E-state index is 0.0334. The van der Waals surface area contributed by atoms with Gasteiger partial charge in [-0.1, -0.05) is 11.6 Å². The highest BCUT2D eigenvalue weighted by Crippen LogP contribution is 2.34. The van der Waals surface area contributed by atoms with E-state index in [1.54, 1.807) is 0 Å². The molecule has 2 unspecified atom stereocenters. The second-order valence-electron chi connectivity index (χ2n) is 4.34. The van der Waals surface area contributed by atoms with Crippen LogP contribution in [0.25, 0.3) is 11.0 Å². The van der Waals surface area contributed by atoms with E-state index >= 15 is 0 Å². The largest absolute Gasteiger partial charge is 0.459 e. The van der Waals surface area contributed by atoms with Crippen molar-refractivity contribution < 1.29 is 4.42 Å². The molecule has 2 N–H and O–H groups in total. The van der Waals surface area contributed by atoms with Gasteiger partial charge >= 0.3 is 0 Å². The first-order valence-electron chi connectivity index (χ1n) is 5.88. The molecule has 0 radical (unpaired) electrons. The molecule has 2 atom stereocenters. The van der Waals surface area contributed by atoms with E-state index in [4.69, 9.17) is 21.8 Å². The highest BCUT2D eigenvalue weighted by Gasteiger charge is 2.25. The van der Waals surface area contributed by atoms with Gasteiger partial charge in [0.2, 0.25) is 0 Å². The van der Waals surface area contributed by atoms with Crippen LogP contribution in [0.15, 0.2) is 28.7 Å². The number of furan rings is 1. The van der Waals surface area contributed by atoms with E-state index in [1.807, 2.05) is 47.8 Å². The van der Waals surface area contributed by atoms with Crippen molar-refractivity contribution in [1.29, 1.82) is 0 Å². The second-order valence-corrected chi connectivity index (χ2v) is 7.27. The lowest BCUT2D eigenvalue weighted by Gasteiger charge is -2.25. The van der Waals surface area contributed by atoms with Gasteiger partial charge in [0.25, 0.3) is 0 Å². The van der Waals surface area contributed by atoms with Gasteiger partial charge in [-0.05, 0) is 24.3 Å². The Morgan fingerprint density at radius 3 is 3.00 bits per heavy atom. The molecule has 96 valence electrons. The Morgan fingerprint density at radius 2 is 2.22 bits per heavy atom. The van der Waals surface area contributed by atoms with Crippen LogP contribution in [0.3, 0.4) is 0 Å². The Hall–Kier alpha value is -0.290. The summed E-state index contributed by atoms with van der Waals surface area (Å²) in [7, 11) is 0. The van der Waals surface area contributed by atoms with Crippen LogP contribution in [0.4, 0.5) is 0 Å². The number of rotatable bonds is 2. The zero-order valence-electron chi connectivity index (χ0n) is 9.77. The van der Waals surface area contributed by atoms with Crippen LogP contribution >= 0.6 is 35.1 Å². The third-order valence-corrected chi connectivity index (χ3v) is 6.19. The van der Waals surface area contributed by atoms with Crippen LogP contribution in [0.5, 0.6) is 0 Å². The molecule has 1 aliphatic rings. The van der Waals surface area contributed by atoms with Gasteiger partial charge in [-0.3, -0.25) is 0 Å². The van der Waals surface area contributed by atoms with Crippen molar-refractivity contribution in [3.05, 3.63) is 35.0 Å². The molecular weight excluding hydrogens is 286 g/mol. The van der Waals surface area contributed by atoms with Gasteiger partial charge in [0, 0.05) is 32.9 Å². The van der Waals surface area contributed by atoms with Crippen LogP contribution < -0.4 is 5.73 Å². The van der Waals surface area contributed by atoms with Gasteiger partial charge in [0.15, 0.2) is 0 Å². The number of benzene rings is 1. The van der Waals surface area contributed by atoms with Crippen molar-refractivity contribution in [2.75, 3.05) is 17.3 Å². The van der Waals surface area contributed by atoms with E-state index in [1.165, 1.54) is 11.5 Å². The normalized spacial score (nSPS) is 22.2. The fourth-order valence-corrected chi connectivity index (χ4v) is 5.06. The Kier molecular flexibility index (Phi) is 3.80. The molecule has 1 saturated heterocycles. The maximum absolute atomic E-state index is 6.31. The summed E-state index contributed by atoms with van der Waals surface area (Å²) in [5.74, 6) is 4.37. The summed E-state index contributed by atoms with van der Waals surface area (Å²) in [6, 6.07) is 7.64. The highest BCUT2D eigenvalue weighted by molar-refractivity contribution is 8.06. The van der Waals surface area contributed by atoms with Crippen LogP contribution in [-0.2, 0) is 0 Å². The van der Waals surface area contributed by atoms with Gasteiger partial charge in [0.1, 0.15) is 11.3 Å². The average Bonchev–Trinajstić information content (AvgIpc) is 2.81. The fourth-order valence-electron chi connectivity index (χ4n) is 2.10. The van der Waals surface area contributed by atoms with Crippen LogP contribution in [0.2, 0.25) is 5.02 Å². The lowest BCUT2D eigenvalue weighted by molar-refractivity contribution is 0.495. The van der Waals surface area contributed by atoms with Crippen LogP contribution in [0, 0.1) is 0 Å². The predicted molar refractivity (Wildman–Crippen MR) is 81.7 cm³/mol. The van der Waals surface area contributed by atoms with Gasteiger partial charge in [-0.25, -0.2) is 0 Å².